The number of carbonyl (C=O) groups is 2. The van der Waals surface area contributed by atoms with Gasteiger partial charge < -0.3 is 10.0 Å². The summed E-state index contributed by atoms with van der Waals surface area (Å²) < 4.78 is 0. The molecule has 0 saturated carbocycles. The Morgan fingerprint density at radius 2 is 1.87 bits per heavy atom. The quantitative estimate of drug-likeness (QED) is 0.908. The first kappa shape index (κ1) is 17.5. The molecule has 1 aromatic carbocycles. The third kappa shape index (κ3) is 4.57. The van der Waals surface area contributed by atoms with Gasteiger partial charge in [0.05, 0.1) is 5.92 Å². The first-order valence-corrected chi connectivity index (χ1v) is 8.44. The Kier molecular flexibility index (Phi) is 5.80. The highest BCUT2D eigenvalue weighted by atomic mass is 16.4. The van der Waals surface area contributed by atoms with E-state index in [1.165, 1.54) is 0 Å². The predicted molar refractivity (Wildman–Crippen MR) is 90.0 cm³/mol. The van der Waals surface area contributed by atoms with Gasteiger partial charge in [0.15, 0.2) is 0 Å². The minimum Gasteiger partial charge on any atom is -0.481 e. The van der Waals surface area contributed by atoms with E-state index in [0.29, 0.717) is 25.9 Å². The Morgan fingerprint density at radius 1 is 1.22 bits per heavy atom. The number of carboxylic acids is 1. The smallest absolute Gasteiger partial charge is 0.308 e. The fourth-order valence-electron chi connectivity index (χ4n) is 3.42. The molecule has 0 radical (unpaired) electrons. The summed E-state index contributed by atoms with van der Waals surface area (Å²) in [5.41, 5.74) is 1.15. The Labute approximate surface area is 138 Å². The van der Waals surface area contributed by atoms with Crippen LogP contribution >= 0.6 is 0 Å². The van der Waals surface area contributed by atoms with Gasteiger partial charge in [-0.15, -0.1) is 0 Å². The number of piperidine rings is 1. The number of nitrogens with zero attached hydrogens (tertiary/aromatic N) is 1. The largest absolute Gasteiger partial charge is 0.481 e. The molecule has 3 atom stereocenters. The zero-order valence-electron chi connectivity index (χ0n) is 14.2. The van der Waals surface area contributed by atoms with Crippen molar-refractivity contribution < 1.29 is 14.7 Å². The number of hydrogen-bond donors (Lipinski definition) is 1. The van der Waals surface area contributed by atoms with Gasteiger partial charge >= 0.3 is 5.97 Å². The molecule has 1 N–H and O–H groups in total. The van der Waals surface area contributed by atoms with Gasteiger partial charge in [0.25, 0.3) is 0 Å². The molecule has 1 aliphatic rings. The lowest BCUT2D eigenvalue weighted by atomic mass is 9.85. The normalized spacial score (nSPS) is 22.9. The molecule has 0 aromatic heterocycles. The van der Waals surface area contributed by atoms with Gasteiger partial charge in [-0.2, -0.15) is 0 Å². The van der Waals surface area contributed by atoms with Gasteiger partial charge in [0.1, 0.15) is 0 Å². The van der Waals surface area contributed by atoms with Crippen molar-refractivity contribution >= 4 is 11.9 Å². The van der Waals surface area contributed by atoms with Crippen molar-refractivity contribution in [1.29, 1.82) is 0 Å². The third-order valence-corrected chi connectivity index (χ3v) is 4.74. The zero-order valence-corrected chi connectivity index (χ0v) is 14.2. The van der Waals surface area contributed by atoms with Gasteiger partial charge in [0.2, 0.25) is 5.91 Å². The number of likely N-dealkylation sites (tertiary alicyclic amines) is 1. The van der Waals surface area contributed by atoms with Gasteiger partial charge in [-0.3, -0.25) is 9.59 Å². The summed E-state index contributed by atoms with van der Waals surface area (Å²) in [5.74, 6) is -0.772. The maximum atomic E-state index is 13.0. The second-order valence-electron chi connectivity index (χ2n) is 7.16. The highest BCUT2D eigenvalue weighted by Crippen LogP contribution is 2.26. The van der Waals surface area contributed by atoms with Crippen molar-refractivity contribution in [3.63, 3.8) is 0 Å². The van der Waals surface area contributed by atoms with Crippen molar-refractivity contribution in [3.05, 3.63) is 35.9 Å². The number of carboxylic acid groups (broad SMARTS) is 1. The Morgan fingerprint density at radius 3 is 2.43 bits per heavy atom. The third-order valence-electron chi connectivity index (χ3n) is 4.74. The van der Waals surface area contributed by atoms with E-state index in [2.05, 4.69) is 13.8 Å². The number of benzene rings is 1. The molecule has 1 aliphatic heterocycles. The number of rotatable bonds is 5. The summed E-state index contributed by atoms with van der Waals surface area (Å²) in [5, 5.41) is 9.30. The summed E-state index contributed by atoms with van der Waals surface area (Å²) in [7, 11) is 0. The molecule has 0 bridgehead atoms. The van der Waals surface area contributed by atoms with Gasteiger partial charge in [-0.1, -0.05) is 51.1 Å². The maximum absolute atomic E-state index is 13.0. The van der Waals surface area contributed by atoms with Crippen LogP contribution in [0.15, 0.2) is 30.3 Å². The van der Waals surface area contributed by atoms with Crippen LogP contribution in [0.1, 0.15) is 32.8 Å². The molecule has 1 fully saturated rings. The summed E-state index contributed by atoms with van der Waals surface area (Å²) >= 11 is 0. The van der Waals surface area contributed by atoms with Crippen LogP contribution < -0.4 is 0 Å². The molecule has 1 aromatic rings. The number of carbonyl (C=O) groups excluding carboxylic acids is 1. The van der Waals surface area contributed by atoms with Crippen molar-refractivity contribution in [3.8, 4) is 0 Å². The van der Waals surface area contributed by atoms with Gasteiger partial charge in [-0.25, -0.2) is 0 Å². The van der Waals surface area contributed by atoms with E-state index >= 15 is 0 Å². The molecule has 1 heterocycles. The zero-order chi connectivity index (χ0) is 17.0. The number of amides is 1. The topological polar surface area (TPSA) is 57.6 Å². The minimum absolute atomic E-state index is 0.0988. The predicted octanol–water partition coefficient (Wildman–Crippen LogP) is 3.07. The molecule has 23 heavy (non-hydrogen) atoms. The Hall–Kier alpha value is -1.84. The average molecular weight is 317 g/mol. The Bertz CT molecular complexity index is 541. The fourth-order valence-corrected chi connectivity index (χ4v) is 3.42. The lowest BCUT2D eigenvalue weighted by Gasteiger charge is -2.37. The molecule has 0 spiro atoms. The summed E-state index contributed by atoms with van der Waals surface area (Å²) in [6.45, 7) is 7.16. The summed E-state index contributed by atoms with van der Waals surface area (Å²) in [6, 6.07) is 10.0. The molecular formula is C19H27NO3. The molecule has 4 heteroatoms. The SMILES string of the molecule is CC1CC(C(=O)O)CN(C(=O)C(Cc2ccccc2)C(C)C)C1. The molecule has 4 nitrogen and oxygen atoms in total. The molecule has 126 valence electrons. The summed E-state index contributed by atoms with van der Waals surface area (Å²) in [6.07, 6.45) is 1.37. The van der Waals surface area contributed by atoms with Crippen molar-refractivity contribution in [2.45, 2.75) is 33.6 Å². The minimum atomic E-state index is -0.793. The maximum Gasteiger partial charge on any atom is 0.308 e. The monoisotopic (exact) mass is 317 g/mol. The van der Waals surface area contributed by atoms with Crippen LogP contribution in [0.2, 0.25) is 0 Å². The van der Waals surface area contributed by atoms with E-state index in [0.717, 1.165) is 5.56 Å². The highest BCUT2D eigenvalue weighted by molar-refractivity contribution is 5.80. The molecule has 3 unspecified atom stereocenters. The van der Waals surface area contributed by atoms with Crippen molar-refractivity contribution in [2.24, 2.45) is 23.7 Å². The lowest BCUT2D eigenvalue weighted by molar-refractivity contribution is -0.148. The van der Waals surface area contributed by atoms with Gasteiger partial charge in [0, 0.05) is 19.0 Å². The molecule has 1 saturated heterocycles. The molecular weight excluding hydrogens is 290 g/mol. The van der Waals surface area contributed by atoms with Gasteiger partial charge in [-0.05, 0) is 30.2 Å². The second kappa shape index (κ2) is 7.62. The van der Waals surface area contributed by atoms with Crippen LogP contribution in [-0.4, -0.2) is 35.0 Å². The van der Waals surface area contributed by atoms with Crippen LogP contribution in [0.25, 0.3) is 0 Å². The van der Waals surface area contributed by atoms with Crippen LogP contribution in [0.3, 0.4) is 0 Å². The van der Waals surface area contributed by atoms with E-state index in [1.807, 2.05) is 37.3 Å². The molecule has 0 aliphatic carbocycles. The van der Waals surface area contributed by atoms with Crippen molar-refractivity contribution in [2.75, 3.05) is 13.1 Å². The van der Waals surface area contributed by atoms with E-state index in [-0.39, 0.29) is 23.7 Å². The first-order chi connectivity index (χ1) is 10.9. The average Bonchev–Trinajstić information content (AvgIpc) is 2.52. The standard InChI is InChI=1S/C19H27NO3/c1-13(2)17(10-15-7-5-4-6-8-15)18(21)20-11-14(3)9-16(12-20)19(22)23/h4-8,13-14,16-17H,9-12H2,1-3H3,(H,22,23). The number of aliphatic carboxylic acids is 1. The van der Waals surface area contributed by atoms with Crippen LogP contribution in [-0.2, 0) is 16.0 Å². The fraction of sp³-hybridized carbons (Fsp3) is 0.579. The highest BCUT2D eigenvalue weighted by Gasteiger charge is 2.35. The second-order valence-corrected chi connectivity index (χ2v) is 7.16. The van der Waals surface area contributed by atoms with E-state index in [4.69, 9.17) is 0 Å². The van der Waals surface area contributed by atoms with Crippen LogP contribution in [0.4, 0.5) is 0 Å². The first-order valence-electron chi connectivity index (χ1n) is 8.44. The Balaban J connectivity index is 2.12. The number of hydrogen-bond acceptors (Lipinski definition) is 2. The van der Waals surface area contributed by atoms with Crippen LogP contribution in [0.5, 0.6) is 0 Å². The van der Waals surface area contributed by atoms with E-state index in [9.17, 15) is 14.7 Å². The van der Waals surface area contributed by atoms with Crippen molar-refractivity contribution in [1.82, 2.24) is 4.90 Å². The lowest BCUT2D eigenvalue weighted by Crippen LogP contribution is -2.48. The molecule has 2 rings (SSSR count). The summed E-state index contributed by atoms with van der Waals surface area (Å²) in [4.78, 5) is 26.1. The van der Waals surface area contributed by atoms with Crippen LogP contribution in [0, 0.1) is 23.7 Å². The van der Waals surface area contributed by atoms with E-state index in [1.54, 1.807) is 4.90 Å². The van der Waals surface area contributed by atoms with E-state index < -0.39 is 11.9 Å². The molecule has 1 amide bonds.